The number of nitro benzene ring substituents is 1. The first-order valence-electron chi connectivity index (χ1n) is 6.05. The average molecular weight is 260 g/mol. The summed E-state index contributed by atoms with van der Waals surface area (Å²) in [4.78, 5) is 10.4. The lowest BCUT2D eigenvalue weighted by molar-refractivity contribution is -0.385. The molecule has 0 aliphatic rings. The zero-order chi connectivity index (χ0) is 14.0. The first-order valence-corrected chi connectivity index (χ1v) is 6.05. The fourth-order valence-corrected chi connectivity index (χ4v) is 1.90. The summed E-state index contributed by atoms with van der Waals surface area (Å²) in [5.41, 5.74) is 1.60. The highest BCUT2D eigenvalue weighted by atomic mass is 16.6. The summed E-state index contributed by atoms with van der Waals surface area (Å²) in [7, 11) is 1.86. The van der Waals surface area contributed by atoms with E-state index in [9.17, 15) is 10.1 Å². The van der Waals surface area contributed by atoms with Crippen LogP contribution >= 0.6 is 0 Å². The van der Waals surface area contributed by atoms with Crippen molar-refractivity contribution in [1.82, 2.24) is 5.32 Å². The van der Waals surface area contributed by atoms with Gasteiger partial charge in [0.15, 0.2) is 0 Å². The van der Waals surface area contributed by atoms with Crippen LogP contribution in [-0.2, 0) is 0 Å². The van der Waals surface area contributed by atoms with Crippen molar-refractivity contribution in [2.24, 2.45) is 0 Å². The minimum atomic E-state index is -0.379. The van der Waals surface area contributed by atoms with E-state index in [0.717, 1.165) is 17.1 Å². The third-order valence-electron chi connectivity index (χ3n) is 3.16. The summed E-state index contributed by atoms with van der Waals surface area (Å²) in [6, 6.07) is 8.90. The van der Waals surface area contributed by atoms with Crippen molar-refractivity contribution in [3.8, 4) is 11.3 Å². The highest BCUT2D eigenvalue weighted by Crippen LogP contribution is 2.28. The van der Waals surface area contributed by atoms with E-state index in [0.29, 0.717) is 5.56 Å². The summed E-state index contributed by atoms with van der Waals surface area (Å²) in [6.45, 7) is 3.73. The maximum atomic E-state index is 10.8. The molecule has 0 fully saturated rings. The monoisotopic (exact) mass is 260 g/mol. The quantitative estimate of drug-likeness (QED) is 0.675. The Morgan fingerprint density at radius 1 is 1.32 bits per heavy atom. The maximum absolute atomic E-state index is 10.8. The molecule has 5 nitrogen and oxygen atoms in total. The normalized spacial score (nSPS) is 12.4. The molecule has 0 aliphatic carbocycles. The van der Waals surface area contributed by atoms with Crippen molar-refractivity contribution in [1.29, 1.82) is 0 Å². The van der Waals surface area contributed by atoms with E-state index in [1.807, 2.05) is 26.1 Å². The van der Waals surface area contributed by atoms with Gasteiger partial charge in [-0.15, -0.1) is 0 Å². The number of nitrogens with one attached hydrogen (secondary N) is 1. The topological polar surface area (TPSA) is 68.3 Å². The second-order valence-corrected chi connectivity index (χ2v) is 4.47. The van der Waals surface area contributed by atoms with Crippen molar-refractivity contribution < 1.29 is 9.34 Å². The predicted octanol–water partition coefficient (Wildman–Crippen LogP) is 3.44. The summed E-state index contributed by atoms with van der Waals surface area (Å²) in [5.74, 6) is 1.56. The lowest BCUT2D eigenvalue weighted by Gasteiger charge is -2.06. The SMILES string of the molecule is CNC(C)c1ccc(-c2ccc([N+](=O)[O-])c(C)c2)o1. The smallest absolute Gasteiger partial charge is 0.272 e. The summed E-state index contributed by atoms with van der Waals surface area (Å²) >= 11 is 0. The summed E-state index contributed by atoms with van der Waals surface area (Å²) < 4.78 is 5.75. The minimum absolute atomic E-state index is 0.124. The van der Waals surface area contributed by atoms with Crippen LogP contribution in [0.15, 0.2) is 34.7 Å². The highest BCUT2D eigenvalue weighted by molar-refractivity contribution is 5.62. The van der Waals surface area contributed by atoms with Crippen LogP contribution < -0.4 is 5.32 Å². The summed E-state index contributed by atoms with van der Waals surface area (Å²) in [6.07, 6.45) is 0. The fraction of sp³-hybridized carbons (Fsp3) is 0.286. The fourth-order valence-electron chi connectivity index (χ4n) is 1.90. The largest absolute Gasteiger partial charge is 0.459 e. The molecule has 1 N–H and O–H groups in total. The number of hydrogen-bond donors (Lipinski definition) is 1. The lowest BCUT2D eigenvalue weighted by atomic mass is 10.1. The number of nitrogens with zero attached hydrogens (tertiary/aromatic N) is 1. The van der Waals surface area contributed by atoms with Gasteiger partial charge in [-0.1, -0.05) is 0 Å². The number of aryl methyl sites for hydroxylation is 1. The Kier molecular flexibility index (Phi) is 3.66. The van der Waals surface area contributed by atoms with Gasteiger partial charge >= 0.3 is 0 Å². The van der Waals surface area contributed by atoms with E-state index in [2.05, 4.69) is 5.32 Å². The molecule has 0 radical (unpaired) electrons. The Bertz CT molecular complexity index is 604. The van der Waals surface area contributed by atoms with Crippen LogP contribution in [0.4, 0.5) is 5.69 Å². The third kappa shape index (κ3) is 2.66. The van der Waals surface area contributed by atoms with Crippen LogP contribution in [0.25, 0.3) is 11.3 Å². The van der Waals surface area contributed by atoms with Crippen LogP contribution in [0.1, 0.15) is 24.3 Å². The van der Waals surface area contributed by atoms with Gasteiger partial charge in [0.1, 0.15) is 11.5 Å². The number of furan rings is 1. The maximum Gasteiger partial charge on any atom is 0.272 e. The second kappa shape index (κ2) is 5.24. The van der Waals surface area contributed by atoms with Gasteiger partial charge in [0.25, 0.3) is 5.69 Å². The van der Waals surface area contributed by atoms with Gasteiger partial charge in [-0.25, -0.2) is 0 Å². The molecule has 0 saturated heterocycles. The average Bonchev–Trinajstić information content (AvgIpc) is 2.86. The molecule has 0 saturated carbocycles. The van der Waals surface area contributed by atoms with Crippen LogP contribution in [0.2, 0.25) is 0 Å². The van der Waals surface area contributed by atoms with Gasteiger partial charge in [0, 0.05) is 17.2 Å². The lowest BCUT2D eigenvalue weighted by Crippen LogP contribution is -2.10. The predicted molar refractivity (Wildman–Crippen MR) is 73.0 cm³/mol. The molecule has 0 spiro atoms. The molecule has 0 amide bonds. The van der Waals surface area contributed by atoms with Gasteiger partial charge in [-0.3, -0.25) is 10.1 Å². The standard InChI is InChI=1S/C14H16N2O3/c1-9-8-11(4-5-12(9)16(17)18)14-7-6-13(19-14)10(2)15-3/h4-8,10,15H,1-3H3. The van der Waals surface area contributed by atoms with E-state index in [-0.39, 0.29) is 16.7 Å². The van der Waals surface area contributed by atoms with Gasteiger partial charge < -0.3 is 9.73 Å². The molecular formula is C14H16N2O3. The number of nitro groups is 1. The zero-order valence-corrected chi connectivity index (χ0v) is 11.1. The Morgan fingerprint density at radius 3 is 2.63 bits per heavy atom. The summed E-state index contributed by atoms with van der Waals surface area (Å²) in [5, 5.41) is 13.9. The van der Waals surface area contributed by atoms with Crippen molar-refractivity contribution in [2.75, 3.05) is 7.05 Å². The third-order valence-corrected chi connectivity index (χ3v) is 3.16. The first-order chi connectivity index (χ1) is 9.02. The van der Waals surface area contributed by atoms with Crippen molar-refractivity contribution >= 4 is 5.69 Å². The Morgan fingerprint density at radius 2 is 2.05 bits per heavy atom. The van der Waals surface area contributed by atoms with Gasteiger partial charge in [-0.05, 0) is 45.2 Å². The molecule has 1 atom stereocenters. The molecule has 2 aromatic rings. The number of rotatable bonds is 4. The van der Waals surface area contributed by atoms with E-state index in [1.54, 1.807) is 19.1 Å². The molecule has 1 aromatic heterocycles. The molecule has 1 heterocycles. The Labute approximate surface area is 111 Å². The Hall–Kier alpha value is -2.14. The number of benzene rings is 1. The van der Waals surface area contributed by atoms with Crippen molar-refractivity contribution in [3.63, 3.8) is 0 Å². The van der Waals surface area contributed by atoms with Crippen molar-refractivity contribution in [2.45, 2.75) is 19.9 Å². The Balaban J connectivity index is 2.35. The molecule has 0 aliphatic heterocycles. The van der Waals surface area contributed by atoms with E-state index >= 15 is 0 Å². The molecule has 100 valence electrons. The van der Waals surface area contributed by atoms with Crippen LogP contribution in [-0.4, -0.2) is 12.0 Å². The van der Waals surface area contributed by atoms with Crippen LogP contribution in [0, 0.1) is 17.0 Å². The van der Waals surface area contributed by atoms with E-state index < -0.39 is 0 Å². The molecule has 2 rings (SSSR count). The molecule has 1 unspecified atom stereocenters. The van der Waals surface area contributed by atoms with Crippen molar-refractivity contribution in [3.05, 3.63) is 51.8 Å². The minimum Gasteiger partial charge on any atom is -0.459 e. The highest BCUT2D eigenvalue weighted by Gasteiger charge is 2.14. The zero-order valence-electron chi connectivity index (χ0n) is 11.1. The van der Waals surface area contributed by atoms with Crippen LogP contribution in [0.5, 0.6) is 0 Å². The van der Waals surface area contributed by atoms with Crippen LogP contribution in [0.3, 0.4) is 0 Å². The number of hydrogen-bond acceptors (Lipinski definition) is 4. The molecule has 0 bridgehead atoms. The first kappa shape index (κ1) is 13.3. The van der Waals surface area contributed by atoms with Gasteiger partial charge in [0.2, 0.25) is 0 Å². The molecule has 19 heavy (non-hydrogen) atoms. The molecular weight excluding hydrogens is 244 g/mol. The van der Waals surface area contributed by atoms with E-state index in [1.165, 1.54) is 6.07 Å². The second-order valence-electron chi connectivity index (χ2n) is 4.47. The van der Waals surface area contributed by atoms with E-state index in [4.69, 9.17) is 4.42 Å². The van der Waals surface area contributed by atoms with Gasteiger partial charge in [-0.2, -0.15) is 0 Å². The molecule has 5 heteroatoms. The molecule has 1 aromatic carbocycles. The van der Waals surface area contributed by atoms with Gasteiger partial charge in [0.05, 0.1) is 11.0 Å².